The maximum absolute atomic E-state index is 12.4. The molecule has 4 heteroatoms. The molecule has 2 fully saturated rings. The molecule has 2 heterocycles. The van der Waals surface area contributed by atoms with Crippen LogP contribution in [0, 0.1) is 5.92 Å². The van der Waals surface area contributed by atoms with Gasteiger partial charge in [-0.1, -0.05) is 45.0 Å². The molecule has 1 aromatic rings. The molecule has 2 unspecified atom stereocenters. The van der Waals surface area contributed by atoms with Gasteiger partial charge in [-0.2, -0.15) is 0 Å². The molecule has 2 atom stereocenters. The van der Waals surface area contributed by atoms with Crippen molar-refractivity contribution in [2.45, 2.75) is 76.8 Å². The first kappa shape index (κ1) is 20.3. The Bertz CT molecular complexity index is 558. The second-order valence-electron chi connectivity index (χ2n) is 8.39. The maximum Gasteiger partial charge on any atom is 0.220 e. The fourth-order valence-electron chi connectivity index (χ4n) is 4.29. The Hall–Kier alpha value is -1.06. The molecule has 2 bridgehead atoms. The fourth-order valence-corrected chi connectivity index (χ4v) is 4.29. The van der Waals surface area contributed by atoms with Gasteiger partial charge in [-0.15, -0.1) is 12.4 Å². The normalized spacial score (nSPS) is 25.3. The van der Waals surface area contributed by atoms with Crippen molar-refractivity contribution in [3.8, 4) is 0 Å². The van der Waals surface area contributed by atoms with Gasteiger partial charge in [0.1, 0.15) is 0 Å². The number of hydrogen-bond acceptors (Lipinski definition) is 2. The number of hydrogen-bond donors (Lipinski definition) is 2. The van der Waals surface area contributed by atoms with Gasteiger partial charge in [0.2, 0.25) is 5.91 Å². The second-order valence-corrected chi connectivity index (χ2v) is 8.39. The number of nitrogens with one attached hydrogen (secondary N) is 2. The SMILES string of the molecule is CCc1ccc(C(C)(C)CNC(=O)CC2CC3CCC(C2)N3)cc1.Cl. The van der Waals surface area contributed by atoms with Crippen molar-refractivity contribution in [3.05, 3.63) is 35.4 Å². The van der Waals surface area contributed by atoms with E-state index in [2.05, 4.69) is 55.7 Å². The van der Waals surface area contributed by atoms with Crippen molar-refractivity contribution >= 4 is 18.3 Å². The van der Waals surface area contributed by atoms with Gasteiger partial charge in [0.15, 0.2) is 0 Å². The predicted molar refractivity (Wildman–Crippen MR) is 106 cm³/mol. The van der Waals surface area contributed by atoms with Gasteiger partial charge in [0.05, 0.1) is 0 Å². The second kappa shape index (κ2) is 8.55. The summed E-state index contributed by atoms with van der Waals surface area (Å²) in [4.78, 5) is 12.4. The number of aryl methyl sites for hydroxylation is 1. The zero-order valence-electron chi connectivity index (χ0n) is 15.8. The van der Waals surface area contributed by atoms with E-state index in [4.69, 9.17) is 0 Å². The van der Waals surface area contributed by atoms with Crippen molar-refractivity contribution in [1.82, 2.24) is 10.6 Å². The summed E-state index contributed by atoms with van der Waals surface area (Å²) in [5, 5.41) is 6.84. The number of carbonyl (C=O) groups is 1. The highest BCUT2D eigenvalue weighted by atomic mass is 35.5. The number of rotatable bonds is 6. The third-order valence-electron chi connectivity index (χ3n) is 5.92. The highest BCUT2D eigenvalue weighted by molar-refractivity contribution is 5.85. The average Bonchev–Trinajstić information content (AvgIpc) is 2.92. The third kappa shape index (κ3) is 5.21. The van der Waals surface area contributed by atoms with Crippen molar-refractivity contribution in [1.29, 1.82) is 0 Å². The van der Waals surface area contributed by atoms with Gasteiger partial charge < -0.3 is 10.6 Å². The van der Waals surface area contributed by atoms with E-state index in [9.17, 15) is 4.79 Å². The lowest BCUT2D eigenvalue weighted by Gasteiger charge is -2.30. The molecule has 1 aromatic carbocycles. The molecule has 2 N–H and O–H groups in total. The van der Waals surface area contributed by atoms with Crippen LogP contribution in [0.4, 0.5) is 0 Å². The Labute approximate surface area is 158 Å². The minimum absolute atomic E-state index is 0. The van der Waals surface area contributed by atoms with Crippen LogP contribution >= 0.6 is 12.4 Å². The van der Waals surface area contributed by atoms with E-state index in [-0.39, 0.29) is 23.7 Å². The first-order valence-corrected chi connectivity index (χ1v) is 9.58. The monoisotopic (exact) mass is 364 g/mol. The van der Waals surface area contributed by atoms with Crippen LogP contribution in [0.15, 0.2) is 24.3 Å². The van der Waals surface area contributed by atoms with E-state index in [0.29, 0.717) is 31.0 Å². The van der Waals surface area contributed by atoms with E-state index in [1.54, 1.807) is 0 Å². The average molecular weight is 365 g/mol. The number of amides is 1. The summed E-state index contributed by atoms with van der Waals surface area (Å²) in [6.45, 7) is 7.29. The number of carbonyl (C=O) groups excluding carboxylic acids is 1. The van der Waals surface area contributed by atoms with Crippen LogP contribution in [-0.4, -0.2) is 24.5 Å². The molecule has 0 aliphatic carbocycles. The van der Waals surface area contributed by atoms with Gasteiger partial charge in [-0.05, 0) is 49.1 Å². The van der Waals surface area contributed by atoms with Gasteiger partial charge in [0, 0.05) is 30.5 Å². The van der Waals surface area contributed by atoms with E-state index in [1.807, 2.05) is 0 Å². The van der Waals surface area contributed by atoms with Crippen molar-refractivity contribution in [2.75, 3.05) is 6.54 Å². The van der Waals surface area contributed by atoms with Crippen molar-refractivity contribution in [2.24, 2.45) is 5.92 Å². The molecule has 2 aliphatic heterocycles. The van der Waals surface area contributed by atoms with Crippen LogP contribution in [-0.2, 0) is 16.6 Å². The topological polar surface area (TPSA) is 41.1 Å². The molecular formula is C21H33ClN2O. The Morgan fingerprint density at radius 3 is 2.32 bits per heavy atom. The summed E-state index contributed by atoms with van der Waals surface area (Å²) in [7, 11) is 0. The summed E-state index contributed by atoms with van der Waals surface area (Å²) in [6, 6.07) is 10.1. The Morgan fingerprint density at radius 1 is 1.16 bits per heavy atom. The first-order valence-electron chi connectivity index (χ1n) is 9.58. The van der Waals surface area contributed by atoms with E-state index in [0.717, 1.165) is 6.42 Å². The Kier molecular flexibility index (Phi) is 6.93. The predicted octanol–water partition coefficient (Wildman–Crippen LogP) is 3.99. The molecule has 25 heavy (non-hydrogen) atoms. The highest BCUT2D eigenvalue weighted by Crippen LogP contribution is 2.32. The molecule has 1 amide bonds. The lowest BCUT2D eigenvalue weighted by molar-refractivity contribution is -0.122. The zero-order chi connectivity index (χ0) is 17.2. The van der Waals surface area contributed by atoms with E-state index >= 15 is 0 Å². The van der Waals surface area contributed by atoms with Crippen LogP contribution in [0.25, 0.3) is 0 Å². The Morgan fingerprint density at radius 2 is 1.76 bits per heavy atom. The highest BCUT2D eigenvalue weighted by Gasteiger charge is 2.34. The molecule has 2 aliphatic rings. The number of piperidine rings is 1. The van der Waals surface area contributed by atoms with Crippen LogP contribution in [0.1, 0.15) is 64.0 Å². The molecule has 2 saturated heterocycles. The summed E-state index contributed by atoms with van der Waals surface area (Å²) in [6.07, 6.45) is 6.69. The van der Waals surface area contributed by atoms with Crippen LogP contribution in [0.2, 0.25) is 0 Å². The van der Waals surface area contributed by atoms with Crippen LogP contribution < -0.4 is 10.6 Å². The summed E-state index contributed by atoms with van der Waals surface area (Å²) in [5.41, 5.74) is 2.62. The largest absolute Gasteiger partial charge is 0.355 e. The summed E-state index contributed by atoms with van der Waals surface area (Å²) >= 11 is 0. The quantitative estimate of drug-likeness (QED) is 0.801. The van der Waals surface area contributed by atoms with Gasteiger partial charge in [0.25, 0.3) is 0 Å². The first-order chi connectivity index (χ1) is 11.5. The molecule has 0 saturated carbocycles. The van der Waals surface area contributed by atoms with E-state index in [1.165, 1.54) is 36.8 Å². The number of halogens is 1. The number of fused-ring (bicyclic) bond motifs is 2. The third-order valence-corrected chi connectivity index (χ3v) is 5.92. The molecule has 0 spiro atoms. The zero-order valence-corrected chi connectivity index (χ0v) is 16.6. The molecule has 0 aromatic heterocycles. The molecule has 3 rings (SSSR count). The fraction of sp³-hybridized carbons (Fsp3) is 0.667. The number of benzene rings is 1. The lowest BCUT2D eigenvalue weighted by Crippen LogP contribution is -2.41. The summed E-state index contributed by atoms with van der Waals surface area (Å²) < 4.78 is 0. The minimum Gasteiger partial charge on any atom is -0.355 e. The van der Waals surface area contributed by atoms with Crippen LogP contribution in [0.3, 0.4) is 0 Å². The molecule has 0 radical (unpaired) electrons. The van der Waals surface area contributed by atoms with Crippen LogP contribution in [0.5, 0.6) is 0 Å². The van der Waals surface area contributed by atoms with Crippen molar-refractivity contribution < 1.29 is 4.79 Å². The molecular weight excluding hydrogens is 332 g/mol. The van der Waals surface area contributed by atoms with Gasteiger partial charge in [-0.25, -0.2) is 0 Å². The smallest absolute Gasteiger partial charge is 0.220 e. The van der Waals surface area contributed by atoms with Gasteiger partial charge >= 0.3 is 0 Å². The minimum atomic E-state index is -0.0327. The lowest BCUT2D eigenvalue weighted by atomic mass is 9.83. The summed E-state index contributed by atoms with van der Waals surface area (Å²) in [5.74, 6) is 0.787. The van der Waals surface area contributed by atoms with Gasteiger partial charge in [-0.3, -0.25) is 4.79 Å². The molecule has 3 nitrogen and oxygen atoms in total. The van der Waals surface area contributed by atoms with Crippen molar-refractivity contribution in [3.63, 3.8) is 0 Å². The Balaban J connectivity index is 0.00000225. The van der Waals surface area contributed by atoms with E-state index < -0.39 is 0 Å². The maximum atomic E-state index is 12.4. The standard InChI is InChI=1S/C21H32N2O.ClH/c1-4-15-5-7-17(8-6-15)21(2,3)14-22-20(24)13-16-11-18-9-10-19(12-16)23-18;/h5-8,16,18-19,23H,4,9-14H2,1-3H3,(H,22,24);1H. The molecule has 140 valence electrons.